The molecule has 1 saturated heterocycles. The van der Waals surface area contributed by atoms with Crippen molar-refractivity contribution >= 4 is 11.9 Å². The molecule has 0 atom stereocenters. The van der Waals surface area contributed by atoms with E-state index < -0.39 is 0 Å². The van der Waals surface area contributed by atoms with Crippen LogP contribution in [0.25, 0.3) is 0 Å². The molecule has 132 valence electrons. The van der Waals surface area contributed by atoms with Crippen LogP contribution in [0.15, 0.2) is 24.3 Å². The van der Waals surface area contributed by atoms with E-state index in [1.807, 2.05) is 0 Å². The second-order valence-corrected chi connectivity index (χ2v) is 5.97. The highest BCUT2D eigenvalue weighted by Gasteiger charge is 2.21. The molecule has 1 aliphatic rings. The lowest BCUT2D eigenvalue weighted by Crippen LogP contribution is -2.49. The first-order valence-corrected chi connectivity index (χ1v) is 8.29. The SMILES string of the molecule is CNC(=O)CN1CCC(NC(=O)NCCc2ccccc2F)CC1. The lowest BCUT2D eigenvalue weighted by molar-refractivity contribution is -0.122. The van der Waals surface area contributed by atoms with Crippen LogP contribution in [0.2, 0.25) is 0 Å². The van der Waals surface area contributed by atoms with Crippen molar-refractivity contribution in [1.29, 1.82) is 0 Å². The Morgan fingerprint density at radius 3 is 2.62 bits per heavy atom. The highest BCUT2D eigenvalue weighted by atomic mass is 19.1. The van der Waals surface area contributed by atoms with E-state index in [1.54, 1.807) is 25.2 Å². The van der Waals surface area contributed by atoms with E-state index in [4.69, 9.17) is 0 Å². The summed E-state index contributed by atoms with van der Waals surface area (Å²) in [5.41, 5.74) is 0.598. The molecule has 7 heteroatoms. The molecular weight excluding hydrogens is 311 g/mol. The zero-order chi connectivity index (χ0) is 17.4. The molecule has 1 aromatic carbocycles. The molecule has 3 N–H and O–H groups in total. The van der Waals surface area contributed by atoms with Crippen LogP contribution in [-0.2, 0) is 11.2 Å². The van der Waals surface area contributed by atoms with Crippen molar-refractivity contribution in [3.63, 3.8) is 0 Å². The van der Waals surface area contributed by atoms with E-state index in [-0.39, 0.29) is 23.8 Å². The predicted molar refractivity (Wildman–Crippen MR) is 90.2 cm³/mol. The maximum atomic E-state index is 13.5. The van der Waals surface area contributed by atoms with Crippen LogP contribution >= 0.6 is 0 Å². The van der Waals surface area contributed by atoms with Crippen LogP contribution in [0, 0.1) is 5.82 Å². The Kier molecular flexibility index (Phi) is 6.99. The van der Waals surface area contributed by atoms with Gasteiger partial charge in [-0.2, -0.15) is 0 Å². The van der Waals surface area contributed by atoms with E-state index in [2.05, 4.69) is 20.9 Å². The molecular formula is C17H25FN4O2. The summed E-state index contributed by atoms with van der Waals surface area (Å²) in [7, 11) is 1.63. The summed E-state index contributed by atoms with van der Waals surface area (Å²) in [6, 6.07) is 6.45. The van der Waals surface area contributed by atoms with Crippen molar-refractivity contribution in [3.8, 4) is 0 Å². The summed E-state index contributed by atoms with van der Waals surface area (Å²) >= 11 is 0. The third-order valence-corrected chi connectivity index (χ3v) is 4.21. The summed E-state index contributed by atoms with van der Waals surface area (Å²) in [6.07, 6.45) is 2.10. The number of carbonyl (C=O) groups excluding carboxylic acids is 2. The van der Waals surface area contributed by atoms with Crippen LogP contribution in [-0.4, -0.2) is 56.1 Å². The Morgan fingerprint density at radius 1 is 1.25 bits per heavy atom. The fourth-order valence-electron chi connectivity index (χ4n) is 2.77. The predicted octanol–water partition coefficient (Wildman–Crippen LogP) is 0.878. The van der Waals surface area contributed by atoms with Crippen LogP contribution in [0.4, 0.5) is 9.18 Å². The van der Waals surface area contributed by atoms with Gasteiger partial charge in [0.1, 0.15) is 5.82 Å². The average Bonchev–Trinajstić information content (AvgIpc) is 2.58. The number of rotatable bonds is 6. The second kappa shape index (κ2) is 9.22. The number of carbonyl (C=O) groups is 2. The normalized spacial score (nSPS) is 15.8. The molecule has 1 aromatic rings. The molecule has 2 rings (SSSR count). The van der Waals surface area contributed by atoms with Gasteiger partial charge in [-0.3, -0.25) is 9.69 Å². The van der Waals surface area contributed by atoms with Gasteiger partial charge in [-0.15, -0.1) is 0 Å². The summed E-state index contributed by atoms with van der Waals surface area (Å²) in [4.78, 5) is 25.3. The number of halogens is 1. The molecule has 1 heterocycles. The van der Waals surface area contributed by atoms with Crippen molar-refractivity contribution in [2.45, 2.75) is 25.3 Å². The number of hydrogen-bond acceptors (Lipinski definition) is 3. The van der Waals surface area contributed by atoms with E-state index >= 15 is 0 Å². The highest BCUT2D eigenvalue weighted by Crippen LogP contribution is 2.10. The quantitative estimate of drug-likeness (QED) is 0.722. The first-order chi connectivity index (χ1) is 11.6. The smallest absolute Gasteiger partial charge is 0.315 e. The molecule has 6 nitrogen and oxygen atoms in total. The van der Waals surface area contributed by atoms with Gasteiger partial charge in [0.15, 0.2) is 0 Å². The Labute approximate surface area is 141 Å². The zero-order valence-electron chi connectivity index (χ0n) is 14.0. The lowest BCUT2D eigenvalue weighted by Gasteiger charge is -2.31. The summed E-state index contributed by atoms with van der Waals surface area (Å²) < 4.78 is 13.5. The van der Waals surface area contributed by atoms with Crippen molar-refractivity contribution in [1.82, 2.24) is 20.9 Å². The number of likely N-dealkylation sites (tertiary alicyclic amines) is 1. The van der Waals surface area contributed by atoms with Gasteiger partial charge in [0, 0.05) is 32.7 Å². The number of piperidine rings is 1. The molecule has 0 spiro atoms. The molecule has 0 aliphatic carbocycles. The zero-order valence-corrected chi connectivity index (χ0v) is 14.0. The Bertz CT molecular complexity index is 559. The number of likely N-dealkylation sites (N-methyl/N-ethyl adjacent to an activating group) is 1. The van der Waals surface area contributed by atoms with Crippen molar-refractivity contribution in [3.05, 3.63) is 35.6 Å². The van der Waals surface area contributed by atoms with Gasteiger partial charge >= 0.3 is 6.03 Å². The Hall–Kier alpha value is -2.15. The first kappa shape index (κ1) is 18.2. The molecule has 3 amide bonds. The Balaban J connectivity index is 1.63. The minimum absolute atomic E-state index is 0.00676. The van der Waals surface area contributed by atoms with Crippen molar-refractivity contribution < 1.29 is 14.0 Å². The summed E-state index contributed by atoms with van der Waals surface area (Å²) in [5, 5.41) is 8.31. The summed E-state index contributed by atoms with van der Waals surface area (Å²) in [5.74, 6) is -0.240. The highest BCUT2D eigenvalue weighted by molar-refractivity contribution is 5.77. The standard InChI is InChI=1S/C17H25FN4O2/c1-19-16(23)12-22-10-7-14(8-11-22)21-17(24)20-9-6-13-4-2-3-5-15(13)18/h2-5,14H,6-12H2,1H3,(H,19,23)(H2,20,21,24). The molecule has 24 heavy (non-hydrogen) atoms. The number of hydrogen-bond donors (Lipinski definition) is 3. The number of amides is 3. The minimum Gasteiger partial charge on any atom is -0.358 e. The van der Waals surface area contributed by atoms with E-state index in [0.29, 0.717) is 25.1 Å². The third-order valence-electron chi connectivity index (χ3n) is 4.21. The fourth-order valence-corrected chi connectivity index (χ4v) is 2.77. The second-order valence-electron chi connectivity index (χ2n) is 5.97. The van der Waals surface area contributed by atoms with Crippen LogP contribution in [0.1, 0.15) is 18.4 Å². The average molecular weight is 336 g/mol. The van der Waals surface area contributed by atoms with Crippen LogP contribution in [0.3, 0.4) is 0 Å². The Morgan fingerprint density at radius 2 is 1.96 bits per heavy atom. The minimum atomic E-state index is -0.247. The molecule has 0 bridgehead atoms. The number of nitrogens with zero attached hydrogens (tertiary/aromatic N) is 1. The first-order valence-electron chi connectivity index (χ1n) is 8.29. The van der Waals surface area contributed by atoms with Gasteiger partial charge in [-0.25, -0.2) is 9.18 Å². The molecule has 0 saturated carbocycles. The number of nitrogens with one attached hydrogen (secondary N) is 3. The van der Waals surface area contributed by atoms with Gasteiger partial charge in [0.25, 0.3) is 0 Å². The van der Waals surface area contributed by atoms with Gasteiger partial charge < -0.3 is 16.0 Å². The fraction of sp³-hybridized carbons (Fsp3) is 0.529. The van der Waals surface area contributed by atoms with Crippen molar-refractivity contribution in [2.75, 3.05) is 33.2 Å². The molecule has 0 aromatic heterocycles. The summed E-state index contributed by atoms with van der Waals surface area (Å²) in [6.45, 7) is 2.36. The molecule has 1 aliphatic heterocycles. The topological polar surface area (TPSA) is 73.5 Å². The van der Waals surface area contributed by atoms with Crippen LogP contribution < -0.4 is 16.0 Å². The largest absolute Gasteiger partial charge is 0.358 e. The van der Waals surface area contributed by atoms with Crippen molar-refractivity contribution in [2.24, 2.45) is 0 Å². The number of benzene rings is 1. The monoisotopic (exact) mass is 336 g/mol. The molecule has 0 radical (unpaired) electrons. The van der Waals surface area contributed by atoms with E-state index in [1.165, 1.54) is 6.07 Å². The maximum Gasteiger partial charge on any atom is 0.315 e. The maximum absolute atomic E-state index is 13.5. The van der Waals surface area contributed by atoms with Gasteiger partial charge in [0.2, 0.25) is 5.91 Å². The van der Waals surface area contributed by atoms with Gasteiger partial charge in [-0.1, -0.05) is 18.2 Å². The third kappa shape index (κ3) is 5.81. The number of urea groups is 1. The molecule has 0 unspecified atom stereocenters. The molecule has 1 fully saturated rings. The van der Waals surface area contributed by atoms with E-state index in [0.717, 1.165) is 25.9 Å². The lowest BCUT2D eigenvalue weighted by atomic mass is 10.1. The van der Waals surface area contributed by atoms with Crippen LogP contribution in [0.5, 0.6) is 0 Å². The van der Waals surface area contributed by atoms with Gasteiger partial charge in [-0.05, 0) is 30.9 Å². The van der Waals surface area contributed by atoms with E-state index in [9.17, 15) is 14.0 Å². The van der Waals surface area contributed by atoms with Gasteiger partial charge in [0.05, 0.1) is 6.54 Å².